The number of methoxy groups -OCH3 is 1. The van der Waals surface area contributed by atoms with Crippen molar-refractivity contribution >= 4 is 35.1 Å². The Morgan fingerprint density at radius 2 is 1.76 bits per heavy atom. The molecule has 2 aliphatic rings. The van der Waals surface area contributed by atoms with Crippen LogP contribution >= 0.6 is 11.8 Å². The van der Waals surface area contributed by atoms with E-state index in [1.54, 1.807) is 0 Å². The minimum absolute atomic E-state index is 0.130. The quantitative estimate of drug-likeness (QED) is 0.592. The van der Waals surface area contributed by atoms with Crippen LogP contribution in [0, 0.1) is 10.8 Å². The van der Waals surface area contributed by atoms with Crippen molar-refractivity contribution in [3.63, 3.8) is 0 Å². The van der Waals surface area contributed by atoms with Gasteiger partial charge in [-0.3, -0.25) is 4.79 Å². The normalized spacial score (nSPS) is 25.7. The number of ether oxygens (including phenoxy) is 2. The molecule has 2 fully saturated rings. The van der Waals surface area contributed by atoms with Crippen LogP contribution < -0.4 is 0 Å². The highest BCUT2D eigenvalue weighted by Gasteiger charge is 2.77. The summed E-state index contributed by atoms with van der Waals surface area (Å²) >= 11 is 1.37. The summed E-state index contributed by atoms with van der Waals surface area (Å²) in [4.78, 5) is 28.7. The van der Waals surface area contributed by atoms with Gasteiger partial charge in [0.2, 0.25) is 5.90 Å². The summed E-state index contributed by atoms with van der Waals surface area (Å²) in [5.41, 5.74) is -0.665. The summed E-state index contributed by atoms with van der Waals surface area (Å²) in [6.45, 7) is 7.48. The number of para-hydroxylation sites is 1. The van der Waals surface area contributed by atoms with Gasteiger partial charge in [-0.25, -0.2) is 9.79 Å². The number of benzene rings is 1. The molecule has 3 rings (SSSR count). The van der Waals surface area contributed by atoms with Gasteiger partial charge in [-0.2, -0.15) is 0 Å². The van der Waals surface area contributed by atoms with Crippen molar-refractivity contribution < 1.29 is 19.1 Å². The van der Waals surface area contributed by atoms with E-state index in [-0.39, 0.29) is 5.78 Å². The maximum atomic E-state index is 12.6. The van der Waals surface area contributed by atoms with Crippen molar-refractivity contribution in [1.82, 2.24) is 0 Å². The molecule has 1 aliphatic heterocycles. The van der Waals surface area contributed by atoms with Gasteiger partial charge in [-0.1, -0.05) is 30.0 Å². The smallest absolute Gasteiger partial charge is 0.331 e. The van der Waals surface area contributed by atoms with Gasteiger partial charge in [-0.15, -0.1) is 0 Å². The molecule has 0 N–H and O–H groups in total. The summed E-state index contributed by atoms with van der Waals surface area (Å²) in [7, 11) is 1.32. The molecule has 0 amide bonds. The zero-order valence-corrected chi connectivity index (χ0v) is 15.8. The molecule has 1 spiro atoms. The number of esters is 1. The number of rotatable bonds is 2. The molecule has 1 heterocycles. The maximum Gasteiger partial charge on any atom is 0.331 e. The van der Waals surface area contributed by atoms with Crippen LogP contribution in [0.2, 0.25) is 0 Å². The van der Waals surface area contributed by atoms with Crippen molar-refractivity contribution in [1.29, 1.82) is 0 Å². The maximum absolute atomic E-state index is 12.6. The van der Waals surface area contributed by atoms with Crippen molar-refractivity contribution in [3.05, 3.63) is 41.3 Å². The minimum atomic E-state index is -0.801. The van der Waals surface area contributed by atoms with Gasteiger partial charge in [0.25, 0.3) is 0 Å². The topological polar surface area (TPSA) is 65.0 Å². The van der Waals surface area contributed by atoms with Gasteiger partial charge < -0.3 is 9.47 Å². The number of thioether (sulfide) groups is 1. The fraction of sp³-hybridized carbons (Fsp3) is 0.421. The van der Waals surface area contributed by atoms with Gasteiger partial charge in [0, 0.05) is 6.08 Å². The molecule has 1 saturated heterocycles. The second kappa shape index (κ2) is 5.73. The molecular weight excluding hydrogens is 338 g/mol. The van der Waals surface area contributed by atoms with E-state index in [2.05, 4.69) is 4.99 Å². The Kier molecular flexibility index (Phi) is 4.06. The van der Waals surface area contributed by atoms with Gasteiger partial charge >= 0.3 is 5.97 Å². The van der Waals surface area contributed by atoms with E-state index in [9.17, 15) is 9.59 Å². The van der Waals surface area contributed by atoms with Gasteiger partial charge in [-0.05, 0) is 39.8 Å². The van der Waals surface area contributed by atoms with E-state index in [1.807, 2.05) is 58.0 Å². The molecule has 5 nitrogen and oxygen atoms in total. The second-order valence-electron chi connectivity index (χ2n) is 7.18. The third-order valence-corrected chi connectivity index (χ3v) is 6.83. The second-order valence-corrected chi connectivity index (χ2v) is 8.40. The van der Waals surface area contributed by atoms with Crippen LogP contribution in [0.4, 0.5) is 5.69 Å². The Morgan fingerprint density at radius 1 is 1.16 bits per heavy atom. The molecule has 6 heteroatoms. The number of aliphatic imine (C=N–C) groups is 1. The molecule has 0 bridgehead atoms. The fourth-order valence-electron chi connectivity index (χ4n) is 3.67. The van der Waals surface area contributed by atoms with Crippen LogP contribution in [0.25, 0.3) is 0 Å². The lowest BCUT2D eigenvalue weighted by molar-refractivity contribution is -0.186. The molecule has 0 atom stereocenters. The highest BCUT2D eigenvalue weighted by molar-refractivity contribution is 8.05. The van der Waals surface area contributed by atoms with E-state index in [0.29, 0.717) is 16.5 Å². The van der Waals surface area contributed by atoms with Gasteiger partial charge in [0.1, 0.15) is 0 Å². The van der Waals surface area contributed by atoms with Gasteiger partial charge in [0.05, 0.1) is 28.5 Å². The third kappa shape index (κ3) is 2.42. The Labute approximate surface area is 151 Å². The first-order valence-electron chi connectivity index (χ1n) is 8.02. The summed E-state index contributed by atoms with van der Waals surface area (Å²) in [5, 5.41) is 0. The first-order valence-corrected chi connectivity index (χ1v) is 8.84. The number of Topliss-reactive ketones (excluding diaryl/α,β-unsaturated/α-hetero) is 1. The molecule has 0 unspecified atom stereocenters. The van der Waals surface area contributed by atoms with Crippen LogP contribution in [-0.4, -0.2) is 29.7 Å². The molecule has 1 aromatic carbocycles. The Bertz CT molecular complexity index is 775. The van der Waals surface area contributed by atoms with Crippen molar-refractivity contribution in [2.24, 2.45) is 15.8 Å². The summed E-state index contributed by atoms with van der Waals surface area (Å²) in [6, 6.07) is 9.36. The van der Waals surface area contributed by atoms with E-state index in [4.69, 9.17) is 9.47 Å². The van der Waals surface area contributed by atoms with E-state index >= 15 is 0 Å². The Hall–Kier alpha value is -2.08. The highest BCUT2D eigenvalue weighted by Crippen LogP contribution is 2.70. The van der Waals surface area contributed by atoms with E-state index < -0.39 is 21.7 Å². The molecule has 25 heavy (non-hydrogen) atoms. The van der Waals surface area contributed by atoms with Gasteiger partial charge in [0.15, 0.2) is 10.7 Å². The van der Waals surface area contributed by atoms with Crippen LogP contribution in [0.1, 0.15) is 27.7 Å². The average Bonchev–Trinajstić information content (AvgIpc) is 2.96. The molecule has 1 aliphatic carbocycles. The monoisotopic (exact) mass is 359 g/mol. The lowest BCUT2D eigenvalue weighted by atomic mass is 9.51. The molecular formula is C19H21NO4S. The molecule has 0 radical (unpaired) electrons. The molecule has 1 aromatic rings. The number of hydrogen-bond donors (Lipinski definition) is 0. The summed E-state index contributed by atoms with van der Waals surface area (Å²) < 4.78 is 11.0. The van der Waals surface area contributed by atoms with E-state index in [0.717, 1.165) is 0 Å². The molecule has 1 saturated carbocycles. The van der Waals surface area contributed by atoms with Crippen LogP contribution in [0.5, 0.6) is 0 Å². The largest absolute Gasteiger partial charge is 0.466 e. The average molecular weight is 359 g/mol. The first-order chi connectivity index (χ1) is 11.7. The number of hydrogen-bond acceptors (Lipinski definition) is 6. The van der Waals surface area contributed by atoms with Crippen LogP contribution in [0.3, 0.4) is 0 Å². The number of carbonyl (C=O) groups excluding carboxylic acids is 2. The predicted molar refractivity (Wildman–Crippen MR) is 97.6 cm³/mol. The predicted octanol–water partition coefficient (Wildman–Crippen LogP) is 3.87. The van der Waals surface area contributed by atoms with Crippen LogP contribution in [0.15, 0.2) is 46.3 Å². The number of ketones is 1. The Morgan fingerprint density at radius 3 is 2.32 bits per heavy atom. The first kappa shape index (κ1) is 17.7. The standard InChI is InChI=1S/C19H21NO4S/c1-17(2)16(22)18(3,4)19(17)24-15(13(25-19)11-14(21)23-5)20-12-9-7-6-8-10-12/h6-11H,1-5H3/b13-11+,20-15?. The SMILES string of the molecule is COC(=O)/C=C1/SC2(OC1=Nc1ccccc1)C(C)(C)C(=O)C2(C)C. The molecule has 0 aromatic heterocycles. The van der Waals surface area contributed by atoms with Crippen molar-refractivity contribution in [2.45, 2.75) is 32.6 Å². The summed E-state index contributed by atoms with van der Waals surface area (Å²) in [6.07, 6.45) is 1.37. The number of carbonyl (C=O) groups is 2. The fourth-order valence-corrected chi connectivity index (χ4v) is 5.13. The highest BCUT2D eigenvalue weighted by atomic mass is 32.2. The summed E-state index contributed by atoms with van der Waals surface area (Å²) in [5.74, 6) is -0.00805. The zero-order chi connectivity index (χ0) is 18.5. The lowest BCUT2D eigenvalue weighted by Crippen LogP contribution is -2.72. The van der Waals surface area contributed by atoms with Crippen molar-refractivity contribution in [3.8, 4) is 0 Å². The number of nitrogens with zero attached hydrogens (tertiary/aromatic N) is 1. The minimum Gasteiger partial charge on any atom is -0.466 e. The lowest BCUT2D eigenvalue weighted by Gasteiger charge is -2.60. The molecule has 132 valence electrons. The van der Waals surface area contributed by atoms with E-state index in [1.165, 1.54) is 24.9 Å². The van der Waals surface area contributed by atoms with Crippen LogP contribution in [-0.2, 0) is 19.1 Å². The van der Waals surface area contributed by atoms with Crippen molar-refractivity contribution in [2.75, 3.05) is 7.11 Å². The third-order valence-electron chi connectivity index (χ3n) is 4.92. The zero-order valence-electron chi connectivity index (χ0n) is 15.0. The Balaban J connectivity index is 2.08.